The minimum Gasteiger partial charge on any atom is -0.348 e. The number of rotatable bonds is 2. The highest BCUT2D eigenvalue weighted by atomic mass is 16.1. The molecular formula is C13H13N3O. The van der Waals surface area contributed by atoms with Crippen LogP contribution in [0.1, 0.15) is 29.8 Å². The molecule has 17 heavy (non-hydrogen) atoms. The summed E-state index contributed by atoms with van der Waals surface area (Å²) in [5.74, 6) is -0.0829. The van der Waals surface area contributed by atoms with Crippen LogP contribution in [-0.4, -0.2) is 21.9 Å². The SMILES string of the molecule is O=C(NC1CCC1)c1ccc2ncccc2n1. The molecule has 2 aromatic rings. The smallest absolute Gasteiger partial charge is 0.270 e. The standard InChI is InChI=1S/C13H13N3O/c17-13(15-9-3-1-4-9)12-7-6-10-11(16-12)5-2-8-14-10/h2,5-9H,1,3-4H2,(H,15,17). The van der Waals surface area contributed by atoms with Gasteiger partial charge in [-0.1, -0.05) is 0 Å². The molecule has 3 rings (SSSR count). The summed E-state index contributed by atoms with van der Waals surface area (Å²) in [5.41, 5.74) is 2.04. The Morgan fingerprint density at radius 1 is 1.24 bits per heavy atom. The molecule has 4 nitrogen and oxygen atoms in total. The lowest BCUT2D eigenvalue weighted by atomic mass is 9.93. The number of carbonyl (C=O) groups excluding carboxylic acids is 1. The van der Waals surface area contributed by atoms with E-state index in [1.54, 1.807) is 12.3 Å². The van der Waals surface area contributed by atoms with Crippen molar-refractivity contribution in [1.29, 1.82) is 0 Å². The number of hydrogen-bond acceptors (Lipinski definition) is 3. The lowest BCUT2D eigenvalue weighted by Gasteiger charge is -2.26. The van der Waals surface area contributed by atoms with Crippen molar-refractivity contribution in [2.45, 2.75) is 25.3 Å². The third-order valence-electron chi connectivity index (χ3n) is 3.13. The molecule has 0 atom stereocenters. The van der Waals surface area contributed by atoms with Crippen molar-refractivity contribution in [3.8, 4) is 0 Å². The van der Waals surface area contributed by atoms with E-state index in [9.17, 15) is 4.79 Å². The lowest BCUT2D eigenvalue weighted by Crippen LogP contribution is -2.39. The molecule has 86 valence electrons. The van der Waals surface area contributed by atoms with Crippen molar-refractivity contribution in [1.82, 2.24) is 15.3 Å². The van der Waals surface area contributed by atoms with Gasteiger partial charge < -0.3 is 5.32 Å². The average molecular weight is 227 g/mol. The van der Waals surface area contributed by atoms with Gasteiger partial charge in [0.2, 0.25) is 0 Å². The fraction of sp³-hybridized carbons (Fsp3) is 0.308. The molecule has 0 aromatic carbocycles. The summed E-state index contributed by atoms with van der Waals surface area (Å²) in [6, 6.07) is 7.58. The first-order chi connectivity index (χ1) is 8.33. The second-order valence-corrected chi connectivity index (χ2v) is 4.34. The predicted octanol–water partition coefficient (Wildman–Crippen LogP) is 1.91. The Hall–Kier alpha value is -1.97. The van der Waals surface area contributed by atoms with Gasteiger partial charge in [0.05, 0.1) is 11.0 Å². The molecule has 1 N–H and O–H groups in total. The molecule has 0 saturated heterocycles. The number of nitrogens with zero attached hydrogens (tertiary/aromatic N) is 2. The third-order valence-corrected chi connectivity index (χ3v) is 3.13. The average Bonchev–Trinajstić information content (AvgIpc) is 2.33. The van der Waals surface area contributed by atoms with Gasteiger partial charge in [-0.05, 0) is 43.5 Å². The van der Waals surface area contributed by atoms with Crippen LogP contribution >= 0.6 is 0 Å². The number of fused-ring (bicyclic) bond motifs is 1. The number of nitrogens with one attached hydrogen (secondary N) is 1. The molecule has 0 aliphatic heterocycles. The zero-order valence-corrected chi connectivity index (χ0v) is 9.39. The monoisotopic (exact) mass is 227 g/mol. The lowest BCUT2D eigenvalue weighted by molar-refractivity contribution is 0.0912. The van der Waals surface area contributed by atoms with Crippen LogP contribution in [0, 0.1) is 0 Å². The van der Waals surface area contributed by atoms with E-state index in [0.29, 0.717) is 11.7 Å². The Morgan fingerprint density at radius 3 is 2.88 bits per heavy atom. The highest BCUT2D eigenvalue weighted by Gasteiger charge is 2.20. The summed E-state index contributed by atoms with van der Waals surface area (Å²) in [6.45, 7) is 0. The van der Waals surface area contributed by atoms with Crippen LogP contribution in [0.5, 0.6) is 0 Å². The molecule has 2 aromatic heterocycles. The number of pyridine rings is 2. The molecule has 1 amide bonds. The van der Waals surface area contributed by atoms with Crippen LogP contribution in [-0.2, 0) is 0 Å². The molecule has 0 spiro atoms. The van der Waals surface area contributed by atoms with E-state index in [1.807, 2.05) is 18.2 Å². The van der Waals surface area contributed by atoms with Crippen LogP contribution in [0.15, 0.2) is 30.5 Å². The molecule has 1 fully saturated rings. The second-order valence-electron chi connectivity index (χ2n) is 4.34. The van der Waals surface area contributed by atoms with Gasteiger partial charge in [-0.15, -0.1) is 0 Å². The van der Waals surface area contributed by atoms with Crippen molar-refractivity contribution in [2.24, 2.45) is 0 Å². The quantitative estimate of drug-likeness (QED) is 0.852. The first kappa shape index (κ1) is 10.2. The van der Waals surface area contributed by atoms with Crippen molar-refractivity contribution < 1.29 is 4.79 Å². The van der Waals surface area contributed by atoms with Gasteiger partial charge in [0, 0.05) is 12.2 Å². The van der Waals surface area contributed by atoms with Crippen LogP contribution in [0.25, 0.3) is 11.0 Å². The van der Waals surface area contributed by atoms with Gasteiger partial charge >= 0.3 is 0 Å². The fourth-order valence-corrected chi connectivity index (χ4v) is 1.90. The summed E-state index contributed by atoms with van der Waals surface area (Å²) >= 11 is 0. The second kappa shape index (κ2) is 4.13. The normalized spacial score (nSPS) is 15.5. The molecule has 1 aliphatic rings. The first-order valence-electron chi connectivity index (χ1n) is 5.85. The van der Waals surface area contributed by atoms with E-state index in [4.69, 9.17) is 0 Å². The molecule has 1 saturated carbocycles. The number of aromatic nitrogens is 2. The van der Waals surface area contributed by atoms with Crippen molar-refractivity contribution in [2.75, 3.05) is 0 Å². The highest BCUT2D eigenvalue weighted by molar-refractivity contribution is 5.94. The number of amides is 1. The molecule has 0 radical (unpaired) electrons. The van der Waals surface area contributed by atoms with Gasteiger partial charge in [-0.3, -0.25) is 9.78 Å². The van der Waals surface area contributed by atoms with Crippen LogP contribution < -0.4 is 5.32 Å². The maximum absolute atomic E-state index is 11.9. The van der Waals surface area contributed by atoms with E-state index in [0.717, 1.165) is 23.9 Å². The van der Waals surface area contributed by atoms with E-state index >= 15 is 0 Å². The Labute approximate surface area is 99.1 Å². The minimum atomic E-state index is -0.0829. The number of hydrogen-bond donors (Lipinski definition) is 1. The largest absolute Gasteiger partial charge is 0.348 e. The van der Waals surface area contributed by atoms with Gasteiger partial charge in [-0.25, -0.2) is 4.98 Å². The predicted molar refractivity (Wildman–Crippen MR) is 64.6 cm³/mol. The summed E-state index contributed by atoms with van der Waals surface area (Å²) in [4.78, 5) is 20.4. The van der Waals surface area contributed by atoms with Gasteiger partial charge in [0.1, 0.15) is 5.69 Å². The first-order valence-corrected chi connectivity index (χ1v) is 5.85. The van der Waals surface area contributed by atoms with Crippen LogP contribution in [0.3, 0.4) is 0 Å². The van der Waals surface area contributed by atoms with Crippen molar-refractivity contribution >= 4 is 16.9 Å². The maximum Gasteiger partial charge on any atom is 0.270 e. The molecule has 0 bridgehead atoms. The summed E-state index contributed by atoms with van der Waals surface area (Å²) in [7, 11) is 0. The van der Waals surface area contributed by atoms with E-state index in [2.05, 4.69) is 15.3 Å². The molecule has 2 heterocycles. The zero-order chi connectivity index (χ0) is 11.7. The van der Waals surface area contributed by atoms with Crippen LogP contribution in [0.2, 0.25) is 0 Å². The molecular weight excluding hydrogens is 214 g/mol. The summed E-state index contributed by atoms with van der Waals surface area (Å²) in [5, 5.41) is 2.98. The Kier molecular flexibility index (Phi) is 2.48. The van der Waals surface area contributed by atoms with Gasteiger partial charge in [-0.2, -0.15) is 0 Å². The third kappa shape index (κ3) is 1.98. The summed E-state index contributed by atoms with van der Waals surface area (Å²) in [6.07, 6.45) is 5.10. The van der Waals surface area contributed by atoms with Crippen LogP contribution in [0.4, 0.5) is 0 Å². The Bertz CT molecular complexity index is 563. The topological polar surface area (TPSA) is 54.9 Å². The minimum absolute atomic E-state index is 0.0829. The van der Waals surface area contributed by atoms with E-state index in [-0.39, 0.29) is 5.91 Å². The highest BCUT2D eigenvalue weighted by Crippen LogP contribution is 2.18. The number of carbonyl (C=O) groups is 1. The Balaban J connectivity index is 1.86. The molecule has 4 heteroatoms. The summed E-state index contributed by atoms with van der Waals surface area (Å²) < 4.78 is 0. The van der Waals surface area contributed by atoms with Gasteiger partial charge in [0.15, 0.2) is 0 Å². The fourth-order valence-electron chi connectivity index (χ4n) is 1.90. The molecule has 1 aliphatic carbocycles. The Morgan fingerprint density at radius 2 is 2.12 bits per heavy atom. The van der Waals surface area contributed by atoms with Crippen molar-refractivity contribution in [3.05, 3.63) is 36.2 Å². The van der Waals surface area contributed by atoms with Gasteiger partial charge in [0.25, 0.3) is 5.91 Å². The van der Waals surface area contributed by atoms with Crippen molar-refractivity contribution in [3.63, 3.8) is 0 Å². The zero-order valence-electron chi connectivity index (χ0n) is 9.39. The maximum atomic E-state index is 11.9. The van der Waals surface area contributed by atoms with E-state index in [1.165, 1.54) is 6.42 Å². The van der Waals surface area contributed by atoms with E-state index < -0.39 is 0 Å². The molecule has 0 unspecified atom stereocenters.